The summed E-state index contributed by atoms with van der Waals surface area (Å²) in [6.07, 6.45) is 1.69. The lowest BCUT2D eigenvalue weighted by Gasteiger charge is -2.09. The monoisotopic (exact) mass is 360 g/mol. The van der Waals surface area contributed by atoms with E-state index >= 15 is 0 Å². The molecule has 2 rings (SSSR count). The number of hydrogen-bond acceptors (Lipinski definition) is 2. The lowest BCUT2D eigenvalue weighted by Crippen LogP contribution is -2.33. The number of halogens is 1. The maximum Gasteiger partial charge on any atom is 0.263 e. The molecular formula is C17H17BrN2O2. The average molecular weight is 361 g/mol. The van der Waals surface area contributed by atoms with E-state index in [2.05, 4.69) is 27.8 Å². The van der Waals surface area contributed by atoms with Gasteiger partial charge in [-0.1, -0.05) is 52.3 Å². The predicted octanol–water partition coefficient (Wildman–Crippen LogP) is 2.84. The van der Waals surface area contributed by atoms with Crippen LogP contribution in [0.3, 0.4) is 0 Å². The number of carbonyl (C=O) groups is 1. The quantitative estimate of drug-likeness (QED) is 0.891. The minimum absolute atomic E-state index is 0.129. The van der Waals surface area contributed by atoms with Crippen LogP contribution in [0.15, 0.2) is 58.5 Å². The molecule has 4 nitrogen and oxygen atoms in total. The van der Waals surface area contributed by atoms with E-state index < -0.39 is 5.91 Å². The third kappa shape index (κ3) is 4.18. The predicted molar refractivity (Wildman–Crippen MR) is 91.4 cm³/mol. The Bertz CT molecular complexity index is 765. The van der Waals surface area contributed by atoms with Crippen LogP contribution in [0.4, 0.5) is 0 Å². The molecule has 0 atom stereocenters. The van der Waals surface area contributed by atoms with Crippen LogP contribution in [0, 0.1) is 6.92 Å². The summed E-state index contributed by atoms with van der Waals surface area (Å²) in [7, 11) is 0. The Morgan fingerprint density at radius 1 is 1.32 bits per heavy atom. The molecule has 0 bridgehead atoms. The Hall–Kier alpha value is -2.14. The van der Waals surface area contributed by atoms with Crippen molar-refractivity contribution in [3.8, 4) is 0 Å². The van der Waals surface area contributed by atoms with Crippen LogP contribution in [0.1, 0.15) is 21.5 Å². The Labute approximate surface area is 137 Å². The lowest BCUT2D eigenvalue weighted by atomic mass is 10.1. The first-order valence-electron chi connectivity index (χ1n) is 6.84. The van der Waals surface area contributed by atoms with Crippen molar-refractivity contribution < 1.29 is 4.79 Å². The first kappa shape index (κ1) is 16.2. The zero-order chi connectivity index (χ0) is 16.1. The minimum Gasteiger partial charge on any atom is -0.347 e. The van der Waals surface area contributed by atoms with E-state index in [0.29, 0.717) is 11.0 Å². The zero-order valence-corrected chi connectivity index (χ0v) is 13.9. The molecule has 1 aromatic carbocycles. The van der Waals surface area contributed by atoms with Crippen molar-refractivity contribution >= 4 is 21.8 Å². The summed E-state index contributed by atoms with van der Waals surface area (Å²) < 4.78 is 2.18. The number of pyridine rings is 1. The highest BCUT2D eigenvalue weighted by Crippen LogP contribution is 2.05. The van der Waals surface area contributed by atoms with Gasteiger partial charge in [0, 0.05) is 17.2 Å². The minimum atomic E-state index is -0.399. The van der Waals surface area contributed by atoms with Crippen molar-refractivity contribution in [2.45, 2.75) is 13.5 Å². The molecule has 2 aromatic rings. The molecule has 0 saturated carbocycles. The number of amides is 1. The normalized spacial score (nSPS) is 10.3. The molecule has 1 aromatic heterocycles. The fourth-order valence-electron chi connectivity index (χ4n) is 2.11. The van der Waals surface area contributed by atoms with Gasteiger partial charge >= 0.3 is 0 Å². The zero-order valence-electron chi connectivity index (χ0n) is 12.3. The molecule has 0 spiro atoms. The van der Waals surface area contributed by atoms with Crippen LogP contribution in [-0.4, -0.2) is 17.0 Å². The van der Waals surface area contributed by atoms with E-state index in [1.807, 2.05) is 31.2 Å². The molecular weight excluding hydrogens is 344 g/mol. The van der Waals surface area contributed by atoms with Crippen molar-refractivity contribution in [1.82, 2.24) is 9.88 Å². The molecule has 0 aliphatic rings. The highest BCUT2D eigenvalue weighted by atomic mass is 79.9. The van der Waals surface area contributed by atoms with Gasteiger partial charge in [-0.15, -0.1) is 0 Å². The van der Waals surface area contributed by atoms with E-state index in [9.17, 15) is 9.59 Å². The third-order valence-electron chi connectivity index (χ3n) is 3.14. The van der Waals surface area contributed by atoms with Crippen molar-refractivity contribution in [1.29, 1.82) is 0 Å². The van der Waals surface area contributed by atoms with Crippen LogP contribution in [0.5, 0.6) is 0 Å². The number of aromatic nitrogens is 1. The molecule has 22 heavy (non-hydrogen) atoms. The van der Waals surface area contributed by atoms with Crippen molar-refractivity contribution in [2.75, 3.05) is 6.54 Å². The Kier molecular flexibility index (Phi) is 5.33. The van der Waals surface area contributed by atoms with Gasteiger partial charge in [-0.2, -0.15) is 0 Å². The van der Waals surface area contributed by atoms with Crippen LogP contribution in [0.25, 0.3) is 0 Å². The summed E-state index contributed by atoms with van der Waals surface area (Å²) in [5.74, 6) is -0.399. The number of nitrogens with one attached hydrogen (secondary N) is 1. The fourth-order valence-corrected chi connectivity index (χ4v) is 2.25. The average Bonchev–Trinajstić information content (AvgIpc) is 2.47. The molecule has 1 amide bonds. The second-order valence-corrected chi connectivity index (χ2v) is 6.17. The Morgan fingerprint density at radius 2 is 2.09 bits per heavy atom. The smallest absolute Gasteiger partial charge is 0.263 e. The van der Waals surface area contributed by atoms with E-state index in [-0.39, 0.29) is 17.7 Å². The van der Waals surface area contributed by atoms with Crippen molar-refractivity contribution in [2.24, 2.45) is 0 Å². The molecule has 0 aliphatic heterocycles. The van der Waals surface area contributed by atoms with Crippen LogP contribution in [-0.2, 0) is 6.54 Å². The molecule has 5 heteroatoms. The Balaban J connectivity index is 2.24. The maximum atomic E-state index is 12.4. The fraction of sp³-hybridized carbons (Fsp3) is 0.176. The molecule has 0 radical (unpaired) electrons. The van der Waals surface area contributed by atoms with Gasteiger partial charge in [0.15, 0.2) is 0 Å². The molecule has 0 saturated heterocycles. The Morgan fingerprint density at radius 3 is 2.77 bits per heavy atom. The van der Waals surface area contributed by atoms with Crippen molar-refractivity contribution in [3.63, 3.8) is 0 Å². The van der Waals surface area contributed by atoms with Gasteiger partial charge in [-0.05, 0) is 24.6 Å². The summed E-state index contributed by atoms with van der Waals surface area (Å²) in [4.78, 5) is 24.5. The molecule has 114 valence electrons. The molecule has 1 heterocycles. The van der Waals surface area contributed by atoms with Gasteiger partial charge in [0.25, 0.3) is 11.5 Å². The van der Waals surface area contributed by atoms with Crippen molar-refractivity contribution in [3.05, 3.63) is 80.7 Å². The van der Waals surface area contributed by atoms with Gasteiger partial charge in [0.2, 0.25) is 0 Å². The first-order chi connectivity index (χ1) is 10.5. The van der Waals surface area contributed by atoms with E-state index in [1.165, 1.54) is 10.6 Å². The van der Waals surface area contributed by atoms with Gasteiger partial charge < -0.3 is 9.88 Å². The molecule has 1 N–H and O–H groups in total. The number of rotatable bonds is 5. The summed E-state index contributed by atoms with van der Waals surface area (Å²) in [6, 6.07) is 11.2. The lowest BCUT2D eigenvalue weighted by molar-refractivity contribution is 0.0955. The van der Waals surface area contributed by atoms with Crippen LogP contribution >= 0.6 is 15.9 Å². The summed E-state index contributed by atoms with van der Waals surface area (Å²) in [6.45, 7) is 6.37. The highest BCUT2D eigenvalue weighted by molar-refractivity contribution is 9.11. The number of aryl methyl sites for hydroxylation is 1. The number of carbonyl (C=O) groups excluding carboxylic acids is 1. The molecule has 0 aliphatic carbocycles. The third-order valence-corrected chi connectivity index (χ3v) is 3.42. The van der Waals surface area contributed by atoms with Gasteiger partial charge in [-0.3, -0.25) is 9.59 Å². The van der Waals surface area contributed by atoms with E-state index in [4.69, 9.17) is 0 Å². The number of nitrogens with zero attached hydrogens (tertiary/aromatic N) is 1. The maximum absolute atomic E-state index is 12.4. The van der Waals surface area contributed by atoms with Gasteiger partial charge in [0.1, 0.15) is 5.56 Å². The second-order valence-electron chi connectivity index (χ2n) is 5.04. The summed E-state index contributed by atoms with van der Waals surface area (Å²) in [5, 5.41) is 2.64. The summed E-state index contributed by atoms with van der Waals surface area (Å²) >= 11 is 3.17. The first-order valence-corrected chi connectivity index (χ1v) is 7.63. The molecule has 0 fully saturated rings. The van der Waals surface area contributed by atoms with Crippen LogP contribution in [0.2, 0.25) is 0 Å². The standard InChI is InChI=1S/C17H17BrN2O2/c1-12-5-3-6-14(9-12)11-20-8-4-7-15(17(20)22)16(21)19-10-13(2)18/h3-9H,2,10-11H2,1H3,(H,19,21). The van der Waals surface area contributed by atoms with Gasteiger partial charge in [0.05, 0.1) is 6.54 Å². The van der Waals surface area contributed by atoms with Crippen LogP contribution < -0.4 is 10.9 Å². The number of benzene rings is 1. The highest BCUT2D eigenvalue weighted by Gasteiger charge is 2.12. The largest absolute Gasteiger partial charge is 0.347 e. The second kappa shape index (κ2) is 7.22. The number of hydrogen-bond donors (Lipinski definition) is 1. The SMILES string of the molecule is C=C(Br)CNC(=O)c1cccn(Cc2cccc(C)c2)c1=O. The topological polar surface area (TPSA) is 51.1 Å². The van der Waals surface area contributed by atoms with E-state index in [0.717, 1.165) is 11.1 Å². The van der Waals surface area contributed by atoms with E-state index in [1.54, 1.807) is 12.3 Å². The van der Waals surface area contributed by atoms with Gasteiger partial charge in [-0.25, -0.2) is 0 Å². The molecule has 0 unspecified atom stereocenters. The summed E-state index contributed by atoms with van der Waals surface area (Å²) in [5.41, 5.74) is 1.98.